The molecular formula is C16H18ClNO2. The van der Waals surface area contributed by atoms with Gasteiger partial charge in [0.25, 0.3) is 0 Å². The molecule has 0 spiro atoms. The Morgan fingerprint density at radius 1 is 1.10 bits per heavy atom. The van der Waals surface area contributed by atoms with Gasteiger partial charge in [0.2, 0.25) is 0 Å². The lowest BCUT2D eigenvalue weighted by atomic mass is 10.2. The lowest BCUT2D eigenvalue weighted by Crippen LogP contribution is -2.06. The molecule has 0 aliphatic heterocycles. The molecule has 0 saturated heterocycles. The molecule has 0 aliphatic rings. The summed E-state index contributed by atoms with van der Waals surface area (Å²) in [5, 5.41) is 3.74. The Labute approximate surface area is 124 Å². The van der Waals surface area contributed by atoms with Crippen molar-refractivity contribution in [2.24, 2.45) is 0 Å². The van der Waals surface area contributed by atoms with Crippen molar-refractivity contribution in [2.75, 3.05) is 14.2 Å². The van der Waals surface area contributed by atoms with Crippen LogP contribution in [-0.2, 0) is 13.2 Å². The quantitative estimate of drug-likeness (QED) is 0.881. The van der Waals surface area contributed by atoms with Crippen LogP contribution < -0.4 is 14.8 Å². The maximum Gasteiger partial charge on any atom is 0.163 e. The van der Waals surface area contributed by atoms with E-state index >= 15 is 0 Å². The second kappa shape index (κ2) is 7.17. The van der Waals surface area contributed by atoms with Crippen molar-refractivity contribution in [1.82, 2.24) is 5.32 Å². The van der Waals surface area contributed by atoms with Gasteiger partial charge in [0.05, 0.1) is 7.11 Å². The molecular weight excluding hydrogens is 274 g/mol. The first-order valence-electron chi connectivity index (χ1n) is 6.42. The predicted octanol–water partition coefficient (Wildman–Crippen LogP) is 3.65. The van der Waals surface area contributed by atoms with E-state index in [1.807, 2.05) is 43.4 Å². The lowest BCUT2D eigenvalue weighted by Gasteiger charge is -2.13. The second-order valence-electron chi connectivity index (χ2n) is 4.40. The molecule has 2 aromatic rings. The normalized spacial score (nSPS) is 10.3. The molecule has 4 heteroatoms. The molecule has 3 nitrogen and oxygen atoms in total. The summed E-state index contributed by atoms with van der Waals surface area (Å²) in [6.45, 7) is 1.17. The third kappa shape index (κ3) is 3.65. The largest absolute Gasteiger partial charge is 0.493 e. The Morgan fingerprint density at radius 2 is 1.85 bits per heavy atom. The number of methoxy groups -OCH3 is 1. The number of hydrogen-bond acceptors (Lipinski definition) is 3. The highest BCUT2D eigenvalue weighted by molar-refractivity contribution is 6.31. The number of nitrogens with one attached hydrogen (secondary N) is 1. The molecule has 0 fully saturated rings. The third-order valence-corrected chi connectivity index (χ3v) is 3.29. The fourth-order valence-corrected chi connectivity index (χ4v) is 2.13. The molecule has 2 rings (SSSR count). The average molecular weight is 292 g/mol. The van der Waals surface area contributed by atoms with Gasteiger partial charge in [0.1, 0.15) is 6.61 Å². The SMILES string of the molecule is CNCc1cc(OC)c(OCc2ccccc2)cc1Cl. The summed E-state index contributed by atoms with van der Waals surface area (Å²) in [4.78, 5) is 0. The minimum absolute atomic E-state index is 0.485. The van der Waals surface area contributed by atoms with Crippen molar-refractivity contribution in [1.29, 1.82) is 0 Å². The van der Waals surface area contributed by atoms with Crippen LogP contribution in [-0.4, -0.2) is 14.2 Å². The van der Waals surface area contributed by atoms with E-state index in [1.54, 1.807) is 13.2 Å². The van der Waals surface area contributed by atoms with Gasteiger partial charge in [-0.3, -0.25) is 0 Å². The van der Waals surface area contributed by atoms with Gasteiger partial charge in [-0.05, 0) is 24.2 Å². The van der Waals surface area contributed by atoms with Gasteiger partial charge in [0.15, 0.2) is 11.5 Å². The Morgan fingerprint density at radius 3 is 2.50 bits per heavy atom. The first-order valence-corrected chi connectivity index (χ1v) is 6.80. The molecule has 2 aromatic carbocycles. The standard InChI is InChI=1S/C16H18ClNO2/c1-18-10-13-8-15(19-2)16(9-14(13)17)20-11-12-6-4-3-5-7-12/h3-9,18H,10-11H2,1-2H3. The monoisotopic (exact) mass is 291 g/mol. The summed E-state index contributed by atoms with van der Waals surface area (Å²) in [7, 11) is 3.50. The van der Waals surface area contributed by atoms with Gasteiger partial charge in [-0.2, -0.15) is 0 Å². The fourth-order valence-electron chi connectivity index (χ4n) is 1.91. The third-order valence-electron chi connectivity index (χ3n) is 2.94. The van der Waals surface area contributed by atoms with E-state index in [4.69, 9.17) is 21.1 Å². The van der Waals surface area contributed by atoms with Crippen LogP contribution in [0.4, 0.5) is 0 Å². The summed E-state index contributed by atoms with van der Waals surface area (Å²) in [6, 6.07) is 13.7. The number of benzene rings is 2. The van der Waals surface area contributed by atoms with E-state index in [-0.39, 0.29) is 0 Å². The summed E-state index contributed by atoms with van der Waals surface area (Å²) in [5.74, 6) is 1.34. The summed E-state index contributed by atoms with van der Waals surface area (Å²) in [5.41, 5.74) is 2.09. The van der Waals surface area contributed by atoms with E-state index < -0.39 is 0 Å². The van der Waals surface area contributed by atoms with Crippen molar-refractivity contribution in [2.45, 2.75) is 13.2 Å². The van der Waals surface area contributed by atoms with Crippen LogP contribution in [0.25, 0.3) is 0 Å². The summed E-state index contributed by atoms with van der Waals surface area (Å²) in [6.07, 6.45) is 0. The number of halogens is 1. The van der Waals surface area contributed by atoms with Crippen molar-refractivity contribution < 1.29 is 9.47 Å². The zero-order chi connectivity index (χ0) is 14.4. The van der Waals surface area contributed by atoms with Crippen LogP contribution >= 0.6 is 11.6 Å². The smallest absolute Gasteiger partial charge is 0.163 e. The molecule has 0 aromatic heterocycles. The summed E-state index contributed by atoms with van der Waals surface area (Å²) < 4.78 is 11.2. The van der Waals surface area contributed by atoms with Gasteiger partial charge in [-0.1, -0.05) is 41.9 Å². The maximum atomic E-state index is 6.24. The highest BCUT2D eigenvalue weighted by Gasteiger charge is 2.10. The van der Waals surface area contributed by atoms with E-state index in [2.05, 4.69) is 5.32 Å². The van der Waals surface area contributed by atoms with Gasteiger partial charge in [-0.15, -0.1) is 0 Å². The molecule has 106 valence electrons. The maximum absolute atomic E-state index is 6.24. The fraction of sp³-hybridized carbons (Fsp3) is 0.250. The Kier molecular flexibility index (Phi) is 5.27. The minimum atomic E-state index is 0.485. The average Bonchev–Trinajstić information content (AvgIpc) is 2.48. The molecule has 1 N–H and O–H groups in total. The zero-order valence-corrected chi connectivity index (χ0v) is 12.4. The molecule has 0 unspecified atom stereocenters. The number of rotatable bonds is 6. The van der Waals surface area contributed by atoms with E-state index in [1.165, 1.54) is 0 Å². The highest BCUT2D eigenvalue weighted by Crippen LogP contribution is 2.33. The van der Waals surface area contributed by atoms with Gasteiger partial charge in [0, 0.05) is 17.6 Å². The van der Waals surface area contributed by atoms with Crippen LogP contribution in [0, 0.1) is 0 Å². The van der Waals surface area contributed by atoms with E-state index in [0.29, 0.717) is 29.7 Å². The van der Waals surface area contributed by atoms with Crippen LogP contribution in [0.1, 0.15) is 11.1 Å². The Bertz CT molecular complexity index is 558. The van der Waals surface area contributed by atoms with Crippen molar-refractivity contribution in [3.8, 4) is 11.5 Å². The lowest BCUT2D eigenvalue weighted by molar-refractivity contribution is 0.284. The first-order chi connectivity index (χ1) is 9.74. The Balaban J connectivity index is 2.16. The number of ether oxygens (including phenoxy) is 2. The van der Waals surface area contributed by atoms with Crippen molar-refractivity contribution in [3.05, 3.63) is 58.6 Å². The molecule has 0 bridgehead atoms. The molecule has 0 heterocycles. The molecule has 0 aliphatic carbocycles. The minimum Gasteiger partial charge on any atom is -0.493 e. The van der Waals surface area contributed by atoms with E-state index in [9.17, 15) is 0 Å². The molecule has 0 saturated carbocycles. The summed E-state index contributed by atoms with van der Waals surface area (Å²) >= 11 is 6.24. The second-order valence-corrected chi connectivity index (χ2v) is 4.81. The van der Waals surface area contributed by atoms with Crippen molar-refractivity contribution >= 4 is 11.6 Å². The van der Waals surface area contributed by atoms with Gasteiger partial charge >= 0.3 is 0 Å². The van der Waals surface area contributed by atoms with Gasteiger partial charge < -0.3 is 14.8 Å². The molecule has 20 heavy (non-hydrogen) atoms. The Hall–Kier alpha value is -1.71. The van der Waals surface area contributed by atoms with Gasteiger partial charge in [-0.25, -0.2) is 0 Å². The van der Waals surface area contributed by atoms with Crippen LogP contribution in [0.15, 0.2) is 42.5 Å². The zero-order valence-electron chi connectivity index (χ0n) is 11.7. The van der Waals surface area contributed by atoms with Crippen LogP contribution in [0.3, 0.4) is 0 Å². The van der Waals surface area contributed by atoms with Crippen molar-refractivity contribution in [3.63, 3.8) is 0 Å². The van der Waals surface area contributed by atoms with E-state index in [0.717, 1.165) is 11.1 Å². The predicted molar refractivity (Wildman–Crippen MR) is 81.5 cm³/mol. The first kappa shape index (κ1) is 14.7. The highest BCUT2D eigenvalue weighted by atomic mass is 35.5. The van der Waals surface area contributed by atoms with Crippen LogP contribution in [0.5, 0.6) is 11.5 Å². The molecule has 0 radical (unpaired) electrons. The number of hydrogen-bond donors (Lipinski definition) is 1. The van der Waals surface area contributed by atoms with Crippen LogP contribution in [0.2, 0.25) is 5.02 Å². The topological polar surface area (TPSA) is 30.5 Å². The molecule has 0 amide bonds. The molecule has 0 atom stereocenters.